The number of carbonyl (C=O) groups is 1. The molecule has 3 rings (SSSR count). The second kappa shape index (κ2) is 8.08. The summed E-state index contributed by atoms with van der Waals surface area (Å²) in [7, 11) is 0. The molecular weight excluding hydrogens is 319 g/mol. The van der Waals surface area contributed by atoms with Gasteiger partial charge in [0.25, 0.3) is 0 Å². The molecule has 0 spiro atoms. The average molecular weight is 343 g/mol. The first-order valence-electron chi connectivity index (χ1n) is 8.02. The van der Waals surface area contributed by atoms with Gasteiger partial charge in [0.2, 0.25) is 5.91 Å². The molecule has 1 aromatic carbocycles. The van der Waals surface area contributed by atoms with Gasteiger partial charge >= 0.3 is 0 Å². The number of ether oxygens (including phenoxy) is 1. The summed E-state index contributed by atoms with van der Waals surface area (Å²) >= 11 is 0. The van der Waals surface area contributed by atoms with Crippen LogP contribution in [0.25, 0.3) is 0 Å². The highest BCUT2D eigenvalue weighted by molar-refractivity contribution is 5.85. The van der Waals surface area contributed by atoms with Crippen LogP contribution in [0, 0.1) is 11.7 Å². The molecule has 1 unspecified atom stereocenters. The first-order chi connectivity index (χ1) is 10.6. The number of amides is 1. The van der Waals surface area contributed by atoms with E-state index in [0.717, 1.165) is 24.9 Å². The van der Waals surface area contributed by atoms with Crippen LogP contribution in [-0.4, -0.2) is 43.1 Å². The van der Waals surface area contributed by atoms with Crippen molar-refractivity contribution >= 4 is 18.3 Å². The minimum atomic E-state index is -0.267. The Hall–Kier alpha value is -1.17. The lowest BCUT2D eigenvalue weighted by Gasteiger charge is -2.37. The number of morpholine rings is 1. The topological polar surface area (TPSA) is 41.6 Å². The molecule has 2 fully saturated rings. The van der Waals surface area contributed by atoms with Gasteiger partial charge in [-0.15, -0.1) is 12.4 Å². The number of hydrogen-bond donors (Lipinski definition) is 1. The minimum Gasteiger partial charge on any atom is -0.370 e. The summed E-state index contributed by atoms with van der Waals surface area (Å²) in [4.78, 5) is 14.6. The van der Waals surface area contributed by atoms with E-state index in [1.807, 2.05) is 11.0 Å². The van der Waals surface area contributed by atoms with E-state index in [1.165, 1.54) is 12.1 Å². The van der Waals surface area contributed by atoms with E-state index in [-0.39, 0.29) is 36.2 Å². The third kappa shape index (κ3) is 4.43. The zero-order valence-electron chi connectivity index (χ0n) is 13.3. The molecule has 0 aliphatic carbocycles. The normalized spacial score (nSPS) is 28.1. The van der Waals surface area contributed by atoms with Crippen molar-refractivity contribution in [1.29, 1.82) is 0 Å². The van der Waals surface area contributed by atoms with Crippen molar-refractivity contribution in [2.75, 3.05) is 26.2 Å². The number of halogens is 2. The monoisotopic (exact) mass is 342 g/mol. The quantitative estimate of drug-likeness (QED) is 0.898. The van der Waals surface area contributed by atoms with E-state index in [4.69, 9.17) is 4.74 Å². The van der Waals surface area contributed by atoms with Crippen LogP contribution in [0.3, 0.4) is 0 Å². The van der Waals surface area contributed by atoms with Crippen LogP contribution >= 0.6 is 12.4 Å². The SMILES string of the molecule is C[C@H]1C[C@@H](C(=O)N2CCOC(c3cccc(F)c3)C2)CCN1.Cl. The van der Waals surface area contributed by atoms with Crippen LogP contribution < -0.4 is 5.32 Å². The second-order valence-electron chi connectivity index (χ2n) is 6.28. The molecule has 2 aliphatic heterocycles. The maximum atomic E-state index is 13.4. The van der Waals surface area contributed by atoms with E-state index >= 15 is 0 Å². The van der Waals surface area contributed by atoms with Crippen LogP contribution in [0.4, 0.5) is 4.39 Å². The van der Waals surface area contributed by atoms with E-state index < -0.39 is 0 Å². The summed E-state index contributed by atoms with van der Waals surface area (Å²) in [5.74, 6) is 0.0530. The number of hydrogen-bond acceptors (Lipinski definition) is 3. The summed E-state index contributed by atoms with van der Waals surface area (Å²) in [6.45, 7) is 4.67. The molecule has 1 N–H and O–H groups in total. The zero-order chi connectivity index (χ0) is 15.5. The van der Waals surface area contributed by atoms with Gasteiger partial charge in [0.05, 0.1) is 13.2 Å². The van der Waals surface area contributed by atoms with Crippen LogP contribution in [-0.2, 0) is 9.53 Å². The standard InChI is InChI=1S/C17H23FN2O2.ClH/c1-12-9-14(5-6-19-12)17(21)20-7-8-22-16(11-20)13-3-2-4-15(18)10-13;/h2-4,10,12,14,16,19H,5-9,11H2,1H3;1H/t12-,14-,16?;/m0./s1. The molecule has 0 bridgehead atoms. The smallest absolute Gasteiger partial charge is 0.225 e. The minimum absolute atomic E-state index is 0. The molecule has 0 saturated carbocycles. The van der Waals surface area contributed by atoms with Gasteiger partial charge in [-0.05, 0) is 44.0 Å². The summed E-state index contributed by atoms with van der Waals surface area (Å²) in [5.41, 5.74) is 0.802. The molecule has 3 atom stereocenters. The van der Waals surface area contributed by atoms with Crippen LogP contribution in [0.15, 0.2) is 24.3 Å². The first-order valence-corrected chi connectivity index (χ1v) is 8.02. The maximum absolute atomic E-state index is 13.4. The number of rotatable bonds is 2. The highest BCUT2D eigenvalue weighted by Crippen LogP contribution is 2.26. The van der Waals surface area contributed by atoms with Crippen molar-refractivity contribution in [3.8, 4) is 0 Å². The van der Waals surface area contributed by atoms with E-state index in [2.05, 4.69) is 12.2 Å². The van der Waals surface area contributed by atoms with Crippen molar-refractivity contribution in [2.24, 2.45) is 5.92 Å². The highest BCUT2D eigenvalue weighted by atomic mass is 35.5. The Morgan fingerprint density at radius 2 is 2.26 bits per heavy atom. The number of carbonyl (C=O) groups excluding carboxylic acids is 1. The Morgan fingerprint density at radius 3 is 3.00 bits per heavy atom. The van der Waals surface area contributed by atoms with Crippen molar-refractivity contribution in [3.63, 3.8) is 0 Å². The first kappa shape index (κ1) is 18.2. The van der Waals surface area contributed by atoms with Gasteiger partial charge in [-0.25, -0.2) is 4.39 Å². The van der Waals surface area contributed by atoms with Crippen molar-refractivity contribution in [2.45, 2.75) is 31.9 Å². The number of piperidine rings is 1. The Kier molecular flexibility index (Phi) is 6.39. The molecule has 2 aliphatic rings. The molecule has 128 valence electrons. The predicted octanol–water partition coefficient (Wildman–Crippen LogP) is 2.54. The third-order valence-corrected chi connectivity index (χ3v) is 4.57. The molecule has 1 aromatic rings. The van der Waals surface area contributed by atoms with Gasteiger partial charge in [-0.1, -0.05) is 12.1 Å². The third-order valence-electron chi connectivity index (χ3n) is 4.57. The Morgan fingerprint density at radius 1 is 1.43 bits per heavy atom. The van der Waals surface area contributed by atoms with E-state index in [1.54, 1.807) is 6.07 Å². The number of benzene rings is 1. The van der Waals surface area contributed by atoms with Crippen molar-refractivity contribution < 1.29 is 13.9 Å². The van der Waals surface area contributed by atoms with Crippen LogP contribution in [0.2, 0.25) is 0 Å². The van der Waals surface area contributed by atoms with Crippen molar-refractivity contribution in [1.82, 2.24) is 10.2 Å². The van der Waals surface area contributed by atoms with Gasteiger partial charge in [0.1, 0.15) is 11.9 Å². The lowest BCUT2D eigenvalue weighted by Crippen LogP contribution is -2.48. The average Bonchev–Trinajstić information content (AvgIpc) is 2.54. The maximum Gasteiger partial charge on any atom is 0.225 e. The molecule has 0 radical (unpaired) electrons. The molecule has 2 saturated heterocycles. The highest BCUT2D eigenvalue weighted by Gasteiger charge is 2.32. The lowest BCUT2D eigenvalue weighted by atomic mass is 9.91. The second-order valence-corrected chi connectivity index (χ2v) is 6.28. The van der Waals surface area contributed by atoms with Gasteiger partial charge in [0, 0.05) is 18.5 Å². The molecule has 4 nitrogen and oxygen atoms in total. The Balaban J connectivity index is 0.00000192. The van der Waals surface area contributed by atoms with Crippen LogP contribution in [0.1, 0.15) is 31.4 Å². The predicted molar refractivity (Wildman–Crippen MR) is 89.1 cm³/mol. The Labute approximate surface area is 142 Å². The molecule has 0 aromatic heterocycles. The van der Waals surface area contributed by atoms with E-state index in [9.17, 15) is 9.18 Å². The molecular formula is C17H24ClFN2O2. The largest absolute Gasteiger partial charge is 0.370 e. The fraction of sp³-hybridized carbons (Fsp3) is 0.588. The van der Waals surface area contributed by atoms with Crippen molar-refractivity contribution in [3.05, 3.63) is 35.6 Å². The van der Waals surface area contributed by atoms with Gasteiger partial charge in [0.15, 0.2) is 0 Å². The van der Waals surface area contributed by atoms with Gasteiger partial charge in [-0.2, -0.15) is 0 Å². The van der Waals surface area contributed by atoms with E-state index in [0.29, 0.717) is 25.7 Å². The molecule has 23 heavy (non-hydrogen) atoms. The van der Waals surface area contributed by atoms with Gasteiger partial charge < -0.3 is 15.0 Å². The fourth-order valence-corrected chi connectivity index (χ4v) is 3.37. The molecule has 1 amide bonds. The van der Waals surface area contributed by atoms with Crippen LogP contribution in [0.5, 0.6) is 0 Å². The molecule has 6 heteroatoms. The summed E-state index contributed by atoms with van der Waals surface area (Å²) in [5, 5.41) is 3.37. The summed E-state index contributed by atoms with van der Waals surface area (Å²) in [6.07, 6.45) is 1.55. The fourth-order valence-electron chi connectivity index (χ4n) is 3.37. The Bertz CT molecular complexity index is 543. The lowest BCUT2D eigenvalue weighted by molar-refractivity contribution is -0.144. The molecule has 2 heterocycles. The summed E-state index contributed by atoms with van der Waals surface area (Å²) < 4.78 is 19.1. The number of nitrogens with one attached hydrogen (secondary N) is 1. The van der Waals surface area contributed by atoms with Gasteiger partial charge in [-0.3, -0.25) is 4.79 Å². The zero-order valence-corrected chi connectivity index (χ0v) is 14.2. The summed E-state index contributed by atoms with van der Waals surface area (Å²) in [6, 6.07) is 6.84. The number of nitrogens with zero attached hydrogens (tertiary/aromatic N) is 1.